The Morgan fingerprint density at radius 3 is 2.18 bits per heavy atom. The number of carboxylic acids is 1. The highest BCUT2D eigenvalue weighted by molar-refractivity contribution is 5.98. The summed E-state index contributed by atoms with van der Waals surface area (Å²) in [4.78, 5) is 23.0. The Morgan fingerprint density at radius 1 is 0.929 bits per heavy atom. The fourth-order valence-corrected chi connectivity index (χ4v) is 2.59. The van der Waals surface area contributed by atoms with Crippen molar-refractivity contribution in [2.75, 3.05) is 34.5 Å². The second-order valence-electron chi connectivity index (χ2n) is 5.71. The van der Waals surface area contributed by atoms with E-state index in [1.54, 1.807) is 24.3 Å². The maximum Gasteiger partial charge on any atom is 0.341 e. The number of amides is 1. The number of hydrogen-bond acceptors (Lipinski definition) is 6. The molecule has 2 rings (SSSR count). The zero-order valence-corrected chi connectivity index (χ0v) is 16.0. The lowest BCUT2D eigenvalue weighted by Gasteiger charge is -2.15. The number of carbonyl (C=O) groups is 2. The molecule has 2 aromatic rings. The molecular weight excluding hydrogens is 366 g/mol. The van der Waals surface area contributed by atoms with E-state index in [9.17, 15) is 9.59 Å². The number of benzene rings is 2. The molecule has 0 heterocycles. The van der Waals surface area contributed by atoms with Gasteiger partial charge in [-0.15, -0.1) is 0 Å². The third kappa shape index (κ3) is 5.29. The Hall–Kier alpha value is -3.42. The predicted octanol–water partition coefficient (Wildman–Crippen LogP) is 2.15. The zero-order valence-electron chi connectivity index (χ0n) is 16.0. The number of nitrogens with one attached hydrogen (secondary N) is 1. The van der Waals surface area contributed by atoms with E-state index >= 15 is 0 Å². The van der Waals surface area contributed by atoms with Gasteiger partial charge in [0, 0.05) is 6.54 Å². The Labute approximate surface area is 163 Å². The van der Waals surface area contributed by atoms with Gasteiger partial charge in [0.25, 0.3) is 5.91 Å². The van der Waals surface area contributed by atoms with Gasteiger partial charge in [0.05, 0.1) is 26.9 Å². The summed E-state index contributed by atoms with van der Waals surface area (Å²) in [5.41, 5.74) is 1.32. The average Bonchev–Trinajstić information content (AvgIpc) is 2.71. The molecule has 0 bridgehead atoms. The standard InChI is InChI=1S/C20H23NO7/c1-25-16-9-8-15(18(26-2)19(16)27-3)20(24)21-11-10-13-4-6-14(7-5-13)28-12-17(22)23/h4-9H,10-12H2,1-3H3,(H,21,24)(H,22,23). The summed E-state index contributed by atoms with van der Waals surface area (Å²) < 4.78 is 20.9. The molecule has 150 valence electrons. The molecule has 0 saturated carbocycles. The maximum atomic E-state index is 12.5. The van der Waals surface area contributed by atoms with Crippen LogP contribution in [-0.4, -0.2) is 51.5 Å². The molecule has 0 spiro atoms. The van der Waals surface area contributed by atoms with Crippen molar-refractivity contribution in [3.63, 3.8) is 0 Å². The second-order valence-corrected chi connectivity index (χ2v) is 5.71. The minimum absolute atomic E-state index is 0.292. The summed E-state index contributed by atoms with van der Waals surface area (Å²) in [6.07, 6.45) is 0.598. The molecule has 0 atom stereocenters. The van der Waals surface area contributed by atoms with Crippen LogP contribution < -0.4 is 24.3 Å². The van der Waals surface area contributed by atoms with E-state index in [4.69, 9.17) is 24.1 Å². The first-order chi connectivity index (χ1) is 13.5. The average molecular weight is 389 g/mol. The van der Waals surface area contributed by atoms with Gasteiger partial charge < -0.3 is 29.4 Å². The summed E-state index contributed by atoms with van der Waals surface area (Å²) in [7, 11) is 4.45. The van der Waals surface area contributed by atoms with Crippen molar-refractivity contribution in [3.8, 4) is 23.0 Å². The Bertz CT molecular complexity index is 818. The van der Waals surface area contributed by atoms with Crippen molar-refractivity contribution in [3.05, 3.63) is 47.5 Å². The van der Waals surface area contributed by atoms with Crippen LogP contribution in [0.1, 0.15) is 15.9 Å². The molecule has 0 unspecified atom stereocenters. The Morgan fingerprint density at radius 2 is 1.61 bits per heavy atom. The number of ether oxygens (including phenoxy) is 4. The number of carboxylic acid groups (broad SMARTS) is 1. The van der Waals surface area contributed by atoms with Gasteiger partial charge in [-0.2, -0.15) is 0 Å². The van der Waals surface area contributed by atoms with E-state index in [1.165, 1.54) is 21.3 Å². The molecule has 0 aromatic heterocycles. The van der Waals surface area contributed by atoms with Gasteiger partial charge in [0.2, 0.25) is 5.75 Å². The highest BCUT2D eigenvalue weighted by atomic mass is 16.5. The van der Waals surface area contributed by atoms with Crippen LogP contribution in [0.5, 0.6) is 23.0 Å². The quantitative estimate of drug-likeness (QED) is 0.642. The van der Waals surface area contributed by atoms with Crippen molar-refractivity contribution in [1.29, 1.82) is 0 Å². The van der Waals surface area contributed by atoms with Crippen LogP contribution in [0.3, 0.4) is 0 Å². The smallest absolute Gasteiger partial charge is 0.341 e. The van der Waals surface area contributed by atoms with Crippen molar-refractivity contribution < 1.29 is 33.6 Å². The van der Waals surface area contributed by atoms with Gasteiger partial charge in [-0.3, -0.25) is 4.79 Å². The zero-order chi connectivity index (χ0) is 20.5. The van der Waals surface area contributed by atoms with E-state index in [0.717, 1.165) is 5.56 Å². The summed E-state index contributed by atoms with van der Waals surface area (Å²) in [6.45, 7) is 0.0220. The van der Waals surface area contributed by atoms with Crippen molar-refractivity contribution in [1.82, 2.24) is 5.32 Å². The number of hydrogen-bond donors (Lipinski definition) is 2. The molecule has 2 N–H and O–H groups in total. The van der Waals surface area contributed by atoms with Crippen molar-refractivity contribution in [2.45, 2.75) is 6.42 Å². The predicted molar refractivity (Wildman–Crippen MR) is 102 cm³/mol. The lowest BCUT2D eigenvalue weighted by Crippen LogP contribution is -2.26. The molecule has 0 fully saturated rings. The van der Waals surface area contributed by atoms with Crippen LogP contribution in [-0.2, 0) is 11.2 Å². The first-order valence-electron chi connectivity index (χ1n) is 8.50. The fraction of sp³-hybridized carbons (Fsp3) is 0.300. The van der Waals surface area contributed by atoms with Gasteiger partial charge >= 0.3 is 5.97 Å². The lowest BCUT2D eigenvalue weighted by molar-refractivity contribution is -0.139. The third-order valence-corrected chi connectivity index (χ3v) is 3.93. The van der Waals surface area contributed by atoms with Crippen LogP contribution in [0.25, 0.3) is 0 Å². The number of aliphatic carboxylic acids is 1. The van der Waals surface area contributed by atoms with E-state index in [2.05, 4.69) is 5.32 Å². The summed E-state index contributed by atoms with van der Waals surface area (Å²) in [5, 5.41) is 11.4. The first kappa shape index (κ1) is 20.9. The first-order valence-corrected chi connectivity index (χ1v) is 8.50. The largest absolute Gasteiger partial charge is 0.493 e. The minimum Gasteiger partial charge on any atom is -0.493 e. The third-order valence-electron chi connectivity index (χ3n) is 3.93. The van der Waals surface area contributed by atoms with Gasteiger partial charge in [-0.25, -0.2) is 4.79 Å². The van der Waals surface area contributed by atoms with Gasteiger partial charge in [0.15, 0.2) is 18.1 Å². The van der Waals surface area contributed by atoms with Gasteiger partial charge in [0.1, 0.15) is 5.75 Å². The molecule has 0 aliphatic heterocycles. The number of rotatable bonds is 10. The number of methoxy groups -OCH3 is 3. The van der Waals surface area contributed by atoms with Crippen LogP contribution in [0.2, 0.25) is 0 Å². The number of carbonyl (C=O) groups excluding carboxylic acids is 1. The van der Waals surface area contributed by atoms with Gasteiger partial charge in [-0.1, -0.05) is 12.1 Å². The van der Waals surface area contributed by atoms with E-state index < -0.39 is 5.97 Å². The SMILES string of the molecule is COc1ccc(C(=O)NCCc2ccc(OCC(=O)O)cc2)c(OC)c1OC. The van der Waals surface area contributed by atoms with Crippen LogP contribution >= 0.6 is 0 Å². The molecule has 0 aliphatic rings. The topological polar surface area (TPSA) is 103 Å². The van der Waals surface area contributed by atoms with Crippen LogP contribution in [0, 0.1) is 0 Å². The van der Waals surface area contributed by atoms with Crippen LogP contribution in [0.4, 0.5) is 0 Å². The molecule has 1 amide bonds. The summed E-state index contributed by atoms with van der Waals surface area (Å²) in [5.74, 6) is 0.289. The second kappa shape index (κ2) is 10.1. The van der Waals surface area contributed by atoms with Crippen molar-refractivity contribution >= 4 is 11.9 Å². The monoisotopic (exact) mass is 389 g/mol. The van der Waals surface area contributed by atoms with Gasteiger partial charge in [-0.05, 0) is 36.2 Å². The highest BCUT2D eigenvalue weighted by Gasteiger charge is 2.20. The molecule has 2 aromatic carbocycles. The molecule has 0 aliphatic carbocycles. The van der Waals surface area contributed by atoms with E-state index in [1.807, 2.05) is 12.1 Å². The maximum absolute atomic E-state index is 12.5. The summed E-state index contributed by atoms with van der Waals surface area (Å²) >= 11 is 0. The summed E-state index contributed by atoms with van der Waals surface area (Å²) in [6, 6.07) is 10.3. The Kier molecular flexibility index (Phi) is 7.50. The van der Waals surface area contributed by atoms with Crippen LogP contribution in [0.15, 0.2) is 36.4 Å². The minimum atomic E-state index is -1.03. The van der Waals surface area contributed by atoms with Crippen molar-refractivity contribution in [2.24, 2.45) is 0 Å². The van der Waals surface area contributed by atoms with E-state index in [0.29, 0.717) is 41.5 Å². The molecule has 0 radical (unpaired) electrons. The van der Waals surface area contributed by atoms with E-state index in [-0.39, 0.29) is 12.5 Å². The molecule has 8 heteroatoms. The molecule has 0 saturated heterocycles. The lowest BCUT2D eigenvalue weighted by atomic mass is 10.1. The molecule has 28 heavy (non-hydrogen) atoms. The molecule has 8 nitrogen and oxygen atoms in total. The highest BCUT2D eigenvalue weighted by Crippen LogP contribution is 2.39. The Balaban J connectivity index is 1.96. The normalized spacial score (nSPS) is 10.1. The molecular formula is C20H23NO7. The fourth-order valence-electron chi connectivity index (χ4n) is 2.59.